The van der Waals surface area contributed by atoms with Gasteiger partial charge in [-0.2, -0.15) is 0 Å². The van der Waals surface area contributed by atoms with Crippen LogP contribution in [0, 0.1) is 0 Å². The van der Waals surface area contributed by atoms with Crippen LogP contribution >= 0.6 is 0 Å². The molecule has 96 valence electrons. The average molecular weight is 249 g/mol. The highest BCUT2D eigenvalue weighted by molar-refractivity contribution is 6.04. The Labute approximate surface area is 105 Å². The number of carbonyl (C=O) groups excluding carboxylic acids is 1. The molecule has 1 unspecified atom stereocenters. The van der Waals surface area contributed by atoms with Crippen LogP contribution in [-0.4, -0.2) is 48.2 Å². The van der Waals surface area contributed by atoms with Crippen LogP contribution in [0.5, 0.6) is 0 Å². The van der Waals surface area contributed by atoms with Gasteiger partial charge in [-0.05, 0) is 18.6 Å². The highest BCUT2D eigenvalue weighted by Gasteiger charge is 2.28. The maximum atomic E-state index is 12.2. The minimum Gasteiger partial charge on any atom is -0.478 e. The van der Waals surface area contributed by atoms with Crippen molar-refractivity contribution in [3.05, 3.63) is 35.4 Å². The summed E-state index contributed by atoms with van der Waals surface area (Å²) in [4.78, 5) is 24.9. The lowest BCUT2D eigenvalue weighted by Gasteiger charge is -2.17. The summed E-state index contributed by atoms with van der Waals surface area (Å²) in [5, 5.41) is 9.06. The van der Waals surface area contributed by atoms with Crippen LogP contribution in [0.15, 0.2) is 24.3 Å². The van der Waals surface area contributed by atoms with E-state index >= 15 is 0 Å². The molecule has 1 aliphatic heterocycles. The number of methoxy groups -OCH3 is 1. The zero-order valence-corrected chi connectivity index (χ0v) is 10.1. The molecule has 2 rings (SSSR count). The number of nitrogens with zero attached hydrogens (tertiary/aromatic N) is 1. The largest absolute Gasteiger partial charge is 0.478 e. The second kappa shape index (κ2) is 5.18. The molecule has 0 aliphatic carbocycles. The number of rotatable bonds is 3. The third-order valence-electron chi connectivity index (χ3n) is 3.15. The molecule has 1 aliphatic rings. The molecule has 0 radical (unpaired) electrons. The summed E-state index contributed by atoms with van der Waals surface area (Å²) in [6, 6.07) is 6.27. The van der Waals surface area contributed by atoms with Gasteiger partial charge >= 0.3 is 5.97 Å². The van der Waals surface area contributed by atoms with E-state index < -0.39 is 5.97 Å². The zero-order valence-electron chi connectivity index (χ0n) is 10.1. The maximum Gasteiger partial charge on any atom is 0.336 e. The number of amides is 1. The number of carboxylic acid groups (broad SMARTS) is 1. The molecule has 0 aromatic heterocycles. The third-order valence-corrected chi connectivity index (χ3v) is 3.15. The molecule has 5 heteroatoms. The van der Waals surface area contributed by atoms with Crippen molar-refractivity contribution in [3.8, 4) is 0 Å². The molecule has 1 N–H and O–H groups in total. The molecule has 1 saturated heterocycles. The lowest BCUT2D eigenvalue weighted by atomic mass is 10.1. The second-order valence-corrected chi connectivity index (χ2v) is 4.25. The number of hydrogen-bond acceptors (Lipinski definition) is 3. The van der Waals surface area contributed by atoms with Crippen molar-refractivity contribution in [1.82, 2.24) is 4.90 Å². The Morgan fingerprint density at radius 1 is 1.33 bits per heavy atom. The molecule has 1 atom stereocenters. The Morgan fingerprint density at radius 3 is 2.56 bits per heavy atom. The topological polar surface area (TPSA) is 66.8 Å². The molecule has 1 fully saturated rings. The Hall–Kier alpha value is -1.88. The summed E-state index contributed by atoms with van der Waals surface area (Å²) in [6.07, 6.45) is 0.836. The Kier molecular flexibility index (Phi) is 3.62. The smallest absolute Gasteiger partial charge is 0.336 e. The van der Waals surface area contributed by atoms with Gasteiger partial charge in [0.15, 0.2) is 0 Å². The first-order chi connectivity index (χ1) is 8.63. The van der Waals surface area contributed by atoms with E-state index in [0.717, 1.165) is 6.42 Å². The molecule has 0 spiro atoms. The van der Waals surface area contributed by atoms with E-state index in [0.29, 0.717) is 13.1 Å². The normalized spacial score (nSPS) is 18.9. The molecule has 1 amide bonds. The molecule has 5 nitrogen and oxygen atoms in total. The van der Waals surface area contributed by atoms with E-state index in [1.165, 1.54) is 6.07 Å². The van der Waals surface area contributed by atoms with E-state index in [1.807, 2.05) is 0 Å². The van der Waals surface area contributed by atoms with Gasteiger partial charge < -0.3 is 14.7 Å². The summed E-state index contributed by atoms with van der Waals surface area (Å²) in [5.41, 5.74) is 0.283. The van der Waals surface area contributed by atoms with Crippen molar-refractivity contribution < 1.29 is 19.4 Å². The fraction of sp³-hybridized carbons (Fsp3) is 0.385. The van der Waals surface area contributed by atoms with Crippen molar-refractivity contribution in [2.75, 3.05) is 20.2 Å². The summed E-state index contributed by atoms with van der Waals surface area (Å²) in [5.74, 6) is -1.33. The van der Waals surface area contributed by atoms with Crippen LogP contribution in [0.3, 0.4) is 0 Å². The Morgan fingerprint density at radius 2 is 2.00 bits per heavy atom. The summed E-state index contributed by atoms with van der Waals surface area (Å²) >= 11 is 0. The third kappa shape index (κ3) is 2.36. The lowest BCUT2D eigenvalue weighted by molar-refractivity contribution is 0.0669. The van der Waals surface area contributed by atoms with Gasteiger partial charge in [-0.3, -0.25) is 4.79 Å². The van der Waals surface area contributed by atoms with Crippen LogP contribution in [-0.2, 0) is 4.74 Å². The van der Waals surface area contributed by atoms with Gasteiger partial charge in [0.1, 0.15) is 0 Å². The molecule has 0 saturated carbocycles. The predicted octanol–water partition coefficient (Wildman–Crippen LogP) is 1.25. The van der Waals surface area contributed by atoms with Gasteiger partial charge in [-0.1, -0.05) is 12.1 Å². The summed E-state index contributed by atoms with van der Waals surface area (Å²) in [6.45, 7) is 1.12. The van der Waals surface area contributed by atoms with E-state index in [-0.39, 0.29) is 23.1 Å². The number of ether oxygens (including phenoxy) is 1. The standard InChI is InChI=1S/C13H15NO4/c1-18-9-6-7-14(8-9)12(15)10-4-2-3-5-11(10)13(16)17/h2-5,9H,6-8H2,1H3,(H,16,17). The number of carboxylic acids is 1. The van der Waals surface area contributed by atoms with E-state index in [4.69, 9.17) is 9.84 Å². The molecular formula is C13H15NO4. The summed E-state index contributed by atoms with van der Waals surface area (Å²) < 4.78 is 5.19. The number of aromatic carboxylic acids is 1. The van der Waals surface area contributed by atoms with Crippen molar-refractivity contribution in [2.45, 2.75) is 12.5 Å². The number of likely N-dealkylation sites (tertiary alicyclic amines) is 1. The SMILES string of the molecule is COC1CCN(C(=O)c2ccccc2C(=O)O)C1. The fourth-order valence-corrected chi connectivity index (χ4v) is 2.13. The monoisotopic (exact) mass is 249 g/mol. The van der Waals surface area contributed by atoms with Crippen molar-refractivity contribution >= 4 is 11.9 Å². The first-order valence-corrected chi connectivity index (χ1v) is 5.78. The second-order valence-electron chi connectivity index (χ2n) is 4.25. The first kappa shape index (κ1) is 12.6. The minimum absolute atomic E-state index is 0.0448. The number of hydrogen-bond donors (Lipinski definition) is 1. The van der Waals surface area contributed by atoms with Crippen LogP contribution in [0.4, 0.5) is 0 Å². The van der Waals surface area contributed by atoms with Crippen LogP contribution in [0.2, 0.25) is 0 Å². The van der Waals surface area contributed by atoms with Gasteiger partial charge in [0.2, 0.25) is 0 Å². The molecule has 0 bridgehead atoms. The maximum absolute atomic E-state index is 12.2. The molecule has 1 aromatic carbocycles. The zero-order chi connectivity index (χ0) is 13.1. The quantitative estimate of drug-likeness (QED) is 0.875. The molecule has 1 heterocycles. The highest BCUT2D eigenvalue weighted by Crippen LogP contribution is 2.18. The van der Waals surface area contributed by atoms with Crippen molar-refractivity contribution in [1.29, 1.82) is 0 Å². The van der Waals surface area contributed by atoms with Gasteiger partial charge in [-0.15, -0.1) is 0 Å². The van der Waals surface area contributed by atoms with Gasteiger partial charge in [0.25, 0.3) is 5.91 Å². The molecule has 18 heavy (non-hydrogen) atoms. The van der Waals surface area contributed by atoms with E-state index in [1.54, 1.807) is 30.2 Å². The van der Waals surface area contributed by atoms with Crippen LogP contribution in [0.1, 0.15) is 27.1 Å². The summed E-state index contributed by atoms with van der Waals surface area (Å²) in [7, 11) is 1.61. The predicted molar refractivity (Wildman–Crippen MR) is 64.7 cm³/mol. The van der Waals surface area contributed by atoms with E-state index in [2.05, 4.69) is 0 Å². The van der Waals surface area contributed by atoms with Crippen molar-refractivity contribution in [3.63, 3.8) is 0 Å². The number of benzene rings is 1. The minimum atomic E-state index is -1.08. The van der Waals surface area contributed by atoms with Gasteiger partial charge in [0.05, 0.1) is 17.2 Å². The van der Waals surface area contributed by atoms with Gasteiger partial charge in [0, 0.05) is 20.2 Å². The van der Waals surface area contributed by atoms with Crippen LogP contribution in [0.25, 0.3) is 0 Å². The molecule has 1 aromatic rings. The van der Waals surface area contributed by atoms with E-state index in [9.17, 15) is 9.59 Å². The van der Waals surface area contributed by atoms with Gasteiger partial charge in [-0.25, -0.2) is 4.79 Å². The average Bonchev–Trinajstić information content (AvgIpc) is 2.86. The Balaban J connectivity index is 2.22. The Bertz CT molecular complexity index is 472. The highest BCUT2D eigenvalue weighted by atomic mass is 16.5. The fourth-order valence-electron chi connectivity index (χ4n) is 2.13. The number of carbonyl (C=O) groups is 2. The molecular weight excluding hydrogens is 234 g/mol. The van der Waals surface area contributed by atoms with Crippen molar-refractivity contribution in [2.24, 2.45) is 0 Å². The first-order valence-electron chi connectivity index (χ1n) is 5.78. The lowest BCUT2D eigenvalue weighted by Crippen LogP contribution is -2.31. The van der Waals surface area contributed by atoms with Crippen LogP contribution < -0.4 is 0 Å².